The summed E-state index contributed by atoms with van der Waals surface area (Å²) in [4.78, 5) is 15.2. The van der Waals surface area contributed by atoms with E-state index >= 15 is 0 Å². The SMILES string of the molecule is C=C1/C(=C\C=C2/CCC[C@@]3(C)C2CC[C@@H]3[C@H](C)C[C@H]2C[C@](C)(O)C(=O)N2Cc2ccc(OC)cc2)C[C@@H](O)C[C@@H]1O. The Hall–Kier alpha value is -2.41. The van der Waals surface area contributed by atoms with Gasteiger partial charge in [-0.2, -0.15) is 0 Å². The Morgan fingerprint density at radius 3 is 2.61 bits per heavy atom. The van der Waals surface area contributed by atoms with Gasteiger partial charge in [0.25, 0.3) is 5.91 Å². The van der Waals surface area contributed by atoms with Crippen LogP contribution >= 0.6 is 0 Å². The van der Waals surface area contributed by atoms with Crippen LogP contribution in [0.5, 0.6) is 5.75 Å². The van der Waals surface area contributed by atoms with Gasteiger partial charge in [0.15, 0.2) is 0 Å². The highest BCUT2D eigenvalue weighted by Crippen LogP contribution is 2.60. The number of benzene rings is 1. The summed E-state index contributed by atoms with van der Waals surface area (Å²) in [7, 11) is 1.65. The molecule has 0 bridgehead atoms. The number of rotatable bonds is 7. The van der Waals surface area contributed by atoms with Gasteiger partial charge in [0.05, 0.1) is 19.3 Å². The minimum Gasteiger partial charge on any atom is -0.497 e. The maximum absolute atomic E-state index is 13.3. The molecule has 3 saturated carbocycles. The van der Waals surface area contributed by atoms with Crippen LogP contribution in [0, 0.1) is 23.2 Å². The molecule has 0 aromatic heterocycles. The second-order valence-corrected chi connectivity index (χ2v) is 13.8. The van der Waals surface area contributed by atoms with Gasteiger partial charge in [-0.25, -0.2) is 0 Å². The number of methoxy groups -OCH3 is 1. The molecule has 0 spiro atoms. The molecule has 1 aromatic carbocycles. The minimum absolute atomic E-state index is 0.00996. The average molecular weight is 564 g/mol. The summed E-state index contributed by atoms with van der Waals surface area (Å²) in [5.41, 5.74) is 3.12. The van der Waals surface area contributed by atoms with Crippen LogP contribution in [0.25, 0.3) is 0 Å². The summed E-state index contributed by atoms with van der Waals surface area (Å²) < 4.78 is 5.29. The molecule has 0 radical (unpaired) electrons. The van der Waals surface area contributed by atoms with Crippen molar-refractivity contribution in [3.63, 3.8) is 0 Å². The van der Waals surface area contributed by atoms with Gasteiger partial charge in [0, 0.05) is 25.4 Å². The minimum atomic E-state index is -1.32. The third kappa shape index (κ3) is 5.93. The van der Waals surface area contributed by atoms with Crippen molar-refractivity contribution in [1.82, 2.24) is 4.90 Å². The van der Waals surface area contributed by atoms with Crippen molar-refractivity contribution in [3.05, 3.63) is 65.3 Å². The number of ether oxygens (including phenoxy) is 1. The topological polar surface area (TPSA) is 90.2 Å². The van der Waals surface area contributed by atoms with Gasteiger partial charge in [-0.15, -0.1) is 0 Å². The van der Waals surface area contributed by atoms with Gasteiger partial charge in [0.2, 0.25) is 0 Å². The normalized spacial score (nSPS) is 38.5. The summed E-state index contributed by atoms with van der Waals surface area (Å²) in [6.07, 6.45) is 11.3. The molecule has 5 rings (SSSR count). The van der Waals surface area contributed by atoms with E-state index in [0.717, 1.165) is 41.7 Å². The molecule has 3 N–H and O–H groups in total. The fourth-order valence-corrected chi connectivity index (χ4v) is 8.74. The Kier molecular flexibility index (Phi) is 8.58. The number of aliphatic hydroxyl groups excluding tert-OH is 2. The second-order valence-electron chi connectivity index (χ2n) is 13.8. The van der Waals surface area contributed by atoms with Crippen LogP contribution in [-0.2, 0) is 11.3 Å². The van der Waals surface area contributed by atoms with E-state index in [1.54, 1.807) is 14.0 Å². The number of allylic oxidation sites excluding steroid dienone is 3. The van der Waals surface area contributed by atoms with Crippen LogP contribution in [0.15, 0.2) is 59.7 Å². The molecule has 6 heteroatoms. The molecule has 1 unspecified atom stereocenters. The molecule has 224 valence electrons. The Morgan fingerprint density at radius 2 is 1.90 bits per heavy atom. The predicted molar refractivity (Wildman–Crippen MR) is 161 cm³/mol. The van der Waals surface area contributed by atoms with Gasteiger partial charge in [-0.05, 0) is 104 Å². The third-order valence-corrected chi connectivity index (χ3v) is 10.9. The fourth-order valence-electron chi connectivity index (χ4n) is 8.74. The van der Waals surface area contributed by atoms with Gasteiger partial charge in [0.1, 0.15) is 11.4 Å². The van der Waals surface area contributed by atoms with E-state index in [-0.39, 0.29) is 17.4 Å². The monoisotopic (exact) mass is 563 g/mol. The Balaban J connectivity index is 1.30. The lowest BCUT2D eigenvalue weighted by molar-refractivity contribution is -0.142. The van der Waals surface area contributed by atoms with Crippen LogP contribution in [0.4, 0.5) is 0 Å². The zero-order valence-corrected chi connectivity index (χ0v) is 25.3. The van der Waals surface area contributed by atoms with Crippen LogP contribution in [-0.4, -0.2) is 57.1 Å². The molecule has 41 heavy (non-hydrogen) atoms. The molecule has 4 aliphatic rings. The lowest BCUT2D eigenvalue weighted by Gasteiger charge is -2.45. The first-order valence-corrected chi connectivity index (χ1v) is 15.5. The van der Waals surface area contributed by atoms with Crippen LogP contribution < -0.4 is 4.74 Å². The lowest BCUT2D eigenvalue weighted by Crippen LogP contribution is -2.40. The number of fused-ring (bicyclic) bond motifs is 1. The smallest absolute Gasteiger partial charge is 0.254 e. The number of hydrogen-bond acceptors (Lipinski definition) is 5. The number of nitrogens with zero attached hydrogens (tertiary/aromatic N) is 1. The van der Waals surface area contributed by atoms with Crippen molar-refractivity contribution >= 4 is 5.91 Å². The number of carbonyl (C=O) groups is 1. The van der Waals surface area contributed by atoms with E-state index < -0.39 is 17.8 Å². The summed E-state index contributed by atoms with van der Waals surface area (Å²) >= 11 is 0. The number of aliphatic hydroxyl groups is 3. The van der Waals surface area contributed by atoms with Crippen LogP contribution in [0.2, 0.25) is 0 Å². The predicted octanol–water partition coefficient (Wildman–Crippen LogP) is 5.71. The average Bonchev–Trinajstić information content (AvgIpc) is 3.39. The summed E-state index contributed by atoms with van der Waals surface area (Å²) in [6, 6.07) is 7.85. The summed E-state index contributed by atoms with van der Waals surface area (Å²) in [5.74, 6) is 2.13. The zero-order valence-electron chi connectivity index (χ0n) is 25.3. The Morgan fingerprint density at radius 1 is 1.17 bits per heavy atom. The molecule has 1 saturated heterocycles. The first-order chi connectivity index (χ1) is 19.4. The molecule has 3 aliphatic carbocycles. The highest BCUT2D eigenvalue weighted by Gasteiger charge is 2.53. The highest BCUT2D eigenvalue weighted by molar-refractivity contribution is 5.87. The van der Waals surface area contributed by atoms with Crippen molar-refractivity contribution in [2.45, 2.75) is 109 Å². The van der Waals surface area contributed by atoms with Crippen molar-refractivity contribution < 1.29 is 24.9 Å². The van der Waals surface area contributed by atoms with Crippen molar-refractivity contribution in [2.75, 3.05) is 7.11 Å². The van der Waals surface area contributed by atoms with E-state index in [1.807, 2.05) is 29.2 Å². The lowest BCUT2D eigenvalue weighted by atomic mass is 9.60. The molecule has 1 aliphatic heterocycles. The van der Waals surface area contributed by atoms with E-state index in [0.29, 0.717) is 43.6 Å². The van der Waals surface area contributed by atoms with E-state index in [1.165, 1.54) is 24.8 Å². The van der Waals surface area contributed by atoms with E-state index in [9.17, 15) is 20.1 Å². The highest BCUT2D eigenvalue weighted by atomic mass is 16.5. The van der Waals surface area contributed by atoms with E-state index in [2.05, 4.69) is 32.6 Å². The number of likely N-dealkylation sites (tertiary alicyclic amines) is 1. The maximum Gasteiger partial charge on any atom is 0.254 e. The largest absolute Gasteiger partial charge is 0.497 e. The van der Waals surface area contributed by atoms with E-state index in [4.69, 9.17) is 4.74 Å². The van der Waals surface area contributed by atoms with Gasteiger partial charge in [-0.1, -0.05) is 50.3 Å². The Bertz CT molecular complexity index is 1200. The molecule has 4 fully saturated rings. The molecular weight excluding hydrogens is 514 g/mol. The quantitative estimate of drug-likeness (QED) is 0.395. The second kappa shape index (κ2) is 11.7. The fraction of sp³-hybridized carbons (Fsp3) is 0.629. The van der Waals surface area contributed by atoms with Gasteiger partial charge < -0.3 is 25.0 Å². The third-order valence-electron chi connectivity index (χ3n) is 10.9. The zero-order chi connectivity index (χ0) is 29.5. The first-order valence-electron chi connectivity index (χ1n) is 15.5. The summed E-state index contributed by atoms with van der Waals surface area (Å²) in [5, 5.41) is 31.4. The molecular formula is C35H49NO5. The maximum atomic E-state index is 13.3. The number of hydrogen-bond donors (Lipinski definition) is 3. The van der Waals surface area contributed by atoms with Gasteiger partial charge >= 0.3 is 0 Å². The Labute approximate surface area is 245 Å². The standard InChI is InChI=1S/C35H49NO5/c1-22(17-27-20-35(4,40)33(39)36(27)21-24-8-12-29(41-5)13-9-24)30-14-15-31-25(7-6-16-34(30,31)3)10-11-26-18-28(37)19-32(38)23(26)2/h8-13,22,27-28,30-32,37-38,40H,2,6-7,14-21H2,1,3-5H3/b25-10+,26-11-/t22-,27+,28-,30-,31?,32+,34-,35+/m1/s1. The van der Waals surface area contributed by atoms with Crippen molar-refractivity contribution in [2.24, 2.45) is 23.2 Å². The molecule has 1 heterocycles. The molecule has 1 amide bonds. The molecule has 1 aromatic rings. The number of amides is 1. The molecule has 6 nitrogen and oxygen atoms in total. The summed E-state index contributed by atoms with van der Waals surface area (Å²) in [6.45, 7) is 11.1. The van der Waals surface area contributed by atoms with Crippen LogP contribution in [0.3, 0.4) is 0 Å². The van der Waals surface area contributed by atoms with Crippen molar-refractivity contribution in [3.8, 4) is 5.75 Å². The molecule has 8 atom stereocenters. The number of carbonyl (C=O) groups excluding carboxylic acids is 1. The first kappa shape index (κ1) is 30.1. The van der Waals surface area contributed by atoms with Crippen LogP contribution in [0.1, 0.15) is 84.1 Å². The van der Waals surface area contributed by atoms with Crippen molar-refractivity contribution in [1.29, 1.82) is 0 Å². The van der Waals surface area contributed by atoms with Gasteiger partial charge in [-0.3, -0.25) is 4.79 Å².